The summed E-state index contributed by atoms with van der Waals surface area (Å²) >= 11 is 6.33. The Morgan fingerprint density at radius 1 is 1.16 bits per heavy atom. The number of ketones is 1. The summed E-state index contributed by atoms with van der Waals surface area (Å²) in [6.45, 7) is 2.00. The number of halogens is 1. The molecule has 0 aliphatic carbocycles. The molecule has 1 aliphatic rings. The van der Waals surface area contributed by atoms with Crippen molar-refractivity contribution in [1.29, 1.82) is 0 Å². The molecule has 1 saturated heterocycles. The number of morpholine rings is 1. The maximum absolute atomic E-state index is 12.9. The number of hydrogen-bond acceptors (Lipinski definition) is 6. The predicted molar refractivity (Wildman–Crippen MR) is 121 cm³/mol. The van der Waals surface area contributed by atoms with Crippen LogP contribution in [0.2, 0.25) is 5.02 Å². The van der Waals surface area contributed by atoms with Crippen molar-refractivity contribution < 1.29 is 17.9 Å². The minimum atomic E-state index is -3.64. The highest BCUT2D eigenvalue weighted by Crippen LogP contribution is 2.25. The molecule has 1 aliphatic heterocycles. The summed E-state index contributed by atoms with van der Waals surface area (Å²) in [5.74, 6) is -0.171. The van der Waals surface area contributed by atoms with Gasteiger partial charge in [0.15, 0.2) is 5.78 Å². The highest BCUT2D eigenvalue weighted by molar-refractivity contribution is 7.89. The van der Waals surface area contributed by atoms with E-state index in [2.05, 4.69) is 5.32 Å². The van der Waals surface area contributed by atoms with Crippen LogP contribution < -0.4 is 5.32 Å². The zero-order chi connectivity index (χ0) is 22.4. The standard InChI is InChI=1S/C22H28ClN3O4S/c1-25(2)21(19-8-3-4-9-20(19)23)15-24-16-22(27)17-6-5-7-18(14-17)31(28,29)26-10-12-30-13-11-26/h3-9,14,21,24H,10-13,15-16H2,1-2H3. The lowest BCUT2D eigenvalue weighted by atomic mass is 10.1. The molecular weight excluding hydrogens is 438 g/mol. The number of Topliss-reactive ketones (excluding diaryl/α,β-unsaturated/α-hetero) is 1. The van der Waals surface area contributed by atoms with Gasteiger partial charge in [-0.25, -0.2) is 8.42 Å². The Hall–Kier alpha value is -1.81. The fourth-order valence-corrected chi connectivity index (χ4v) is 5.22. The Kier molecular flexibility index (Phi) is 8.21. The second kappa shape index (κ2) is 10.7. The molecule has 0 bridgehead atoms. The molecule has 7 nitrogen and oxygen atoms in total. The van der Waals surface area contributed by atoms with Crippen LogP contribution in [-0.2, 0) is 14.8 Å². The number of carbonyl (C=O) groups is 1. The van der Waals surface area contributed by atoms with Gasteiger partial charge in [0.25, 0.3) is 0 Å². The Morgan fingerprint density at radius 3 is 2.55 bits per heavy atom. The topological polar surface area (TPSA) is 79.0 Å². The quantitative estimate of drug-likeness (QED) is 0.573. The number of nitrogens with zero attached hydrogens (tertiary/aromatic N) is 2. The van der Waals surface area contributed by atoms with E-state index in [1.165, 1.54) is 16.4 Å². The Bertz CT molecular complexity index is 1010. The Balaban J connectivity index is 1.65. The van der Waals surface area contributed by atoms with Gasteiger partial charge >= 0.3 is 0 Å². The van der Waals surface area contributed by atoms with Crippen LogP contribution in [0.4, 0.5) is 0 Å². The van der Waals surface area contributed by atoms with E-state index < -0.39 is 10.0 Å². The minimum absolute atomic E-state index is 0.00506. The number of carbonyl (C=O) groups excluding carboxylic acids is 1. The van der Waals surface area contributed by atoms with E-state index in [-0.39, 0.29) is 23.3 Å². The van der Waals surface area contributed by atoms with Crippen LogP contribution in [0.3, 0.4) is 0 Å². The lowest BCUT2D eigenvalue weighted by Gasteiger charge is -2.26. The largest absolute Gasteiger partial charge is 0.379 e. The monoisotopic (exact) mass is 465 g/mol. The lowest BCUT2D eigenvalue weighted by molar-refractivity contribution is 0.0730. The van der Waals surface area contributed by atoms with Crippen molar-refractivity contribution in [2.75, 3.05) is 53.5 Å². The van der Waals surface area contributed by atoms with E-state index >= 15 is 0 Å². The van der Waals surface area contributed by atoms with Crippen LogP contribution in [0.5, 0.6) is 0 Å². The first-order valence-corrected chi connectivity index (χ1v) is 11.9. The van der Waals surface area contributed by atoms with Gasteiger partial charge in [0, 0.05) is 36.3 Å². The Morgan fingerprint density at radius 2 is 1.87 bits per heavy atom. The lowest BCUT2D eigenvalue weighted by Crippen LogP contribution is -2.40. The van der Waals surface area contributed by atoms with Crippen LogP contribution in [0.15, 0.2) is 53.4 Å². The third kappa shape index (κ3) is 5.91. The van der Waals surface area contributed by atoms with Crippen molar-refractivity contribution in [3.63, 3.8) is 0 Å². The molecule has 2 aromatic rings. The van der Waals surface area contributed by atoms with Crippen molar-refractivity contribution >= 4 is 27.4 Å². The number of benzene rings is 2. The third-order valence-electron chi connectivity index (χ3n) is 5.27. The predicted octanol–water partition coefficient (Wildman–Crippen LogP) is 2.44. The molecule has 168 valence electrons. The number of hydrogen-bond donors (Lipinski definition) is 1. The molecule has 0 saturated carbocycles. The summed E-state index contributed by atoms with van der Waals surface area (Å²) in [7, 11) is 0.267. The molecular formula is C22H28ClN3O4S. The van der Waals surface area contributed by atoms with E-state index in [0.29, 0.717) is 43.4 Å². The van der Waals surface area contributed by atoms with Crippen LogP contribution >= 0.6 is 11.6 Å². The van der Waals surface area contributed by atoms with Gasteiger partial charge in [0.2, 0.25) is 10.0 Å². The molecule has 1 N–H and O–H groups in total. The van der Waals surface area contributed by atoms with E-state index in [4.69, 9.17) is 16.3 Å². The number of rotatable bonds is 9. The number of nitrogens with one attached hydrogen (secondary N) is 1. The van der Waals surface area contributed by atoms with Crippen LogP contribution in [0.1, 0.15) is 22.0 Å². The van der Waals surface area contributed by atoms with Gasteiger partial charge in [-0.1, -0.05) is 41.9 Å². The average molecular weight is 466 g/mol. The van der Waals surface area contributed by atoms with E-state index in [1.807, 2.05) is 43.3 Å². The number of sulfonamides is 1. The second-order valence-corrected chi connectivity index (χ2v) is 9.94. The molecule has 0 aromatic heterocycles. The van der Waals surface area contributed by atoms with Crippen molar-refractivity contribution in [2.24, 2.45) is 0 Å². The maximum Gasteiger partial charge on any atom is 0.243 e. The van der Waals surface area contributed by atoms with E-state index in [0.717, 1.165) is 5.56 Å². The maximum atomic E-state index is 12.9. The van der Waals surface area contributed by atoms with Crippen molar-refractivity contribution in [3.05, 3.63) is 64.7 Å². The highest BCUT2D eigenvalue weighted by atomic mass is 35.5. The normalized spacial score (nSPS) is 16.4. The first-order valence-electron chi connectivity index (χ1n) is 10.1. The highest BCUT2D eigenvalue weighted by Gasteiger charge is 2.27. The van der Waals surface area contributed by atoms with Crippen molar-refractivity contribution in [1.82, 2.24) is 14.5 Å². The number of ether oxygens (including phenoxy) is 1. The molecule has 31 heavy (non-hydrogen) atoms. The molecule has 0 spiro atoms. The Labute approximate surface area is 189 Å². The van der Waals surface area contributed by atoms with Gasteiger partial charge in [0.1, 0.15) is 0 Å². The number of likely N-dealkylation sites (N-methyl/N-ethyl adjacent to an activating group) is 1. The molecule has 0 amide bonds. The smallest absolute Gasteiger partial charge is 0.243 e. The van der Waals surface area contributed by atoms with Crippen LogP contribution in [-0.4, -0.2) is 76.9 Å². The van der Waals surface area contributed by atoms with Gasteiger partial charge in [-0.05, 0) is 37.9 Å². The fourth-order valence-electron chi connectivity index (χ4n) is 3.51. The summed E-state index contributed by atoms with van der Waals surface area (Å²) in [6, 6.07) is 13.8. The van der Waals surface area contributed by atoms with Gasteiger partial charge < -0.3 is 15.0 Å². The molecule has 1 atom stereocenters. The van der Waals surface area contributed by atoms with Gasteiger partial charge in [-0.15, -0.1) is 0 Å². The van der Waals surface area contributed by atoms with Gasteiger partial charge in [-0.2, -0.15) is 4.31 Å². The zero-order valence-corrected chi connectivity index (χ0v) is 19.3. The van der Waals surface area contributed by atoms with Crippen molar-refractivity contribution in [2.45, 2.75) is 10.9 Å². The first kappa shape index (κ1) is 23.8. The minimum Gasteiger partial charge on any atom is -0.379 e. The fraction of sp³-hybridized carbons (Fsp3) is 0.409. The summed E-state index contributed by atoms with van der Waals surface area (Å²) in [6.07, 6.45) is 0. The second-order valence-electron chi connectivity index (χ2n) is 7.60. The van der Waals surface area contributed by atoms with E-state index in [9.17, 15) is 13.2 Å². The van der Waals surface area contributed by atoms with Gasteiger partial charge in [0.05, 0.1) is 24.7 Å². The third-order valence-corrected chi connectivity index (χ3v) is 7.51. The molecule has 0 radical (unpaired) electrons. The van der Waals surface area contributed by atoms with Crippen LogP contribution in [0, 0.1) is 0 Å². The first-order chi connectivity index (χ1) is 14.8. The average Bonchev–Trinajstić information content (AvgIpc) is 2.78. The summed E-state index contributed by atoms with van der Waals surface area (Å²) < 4.78 is 32.3. The molecule has 3 rings (SSSR count). The summed E-state index contributed by atoms with van der Waals surface area (Å²) in [4.78, 5) is 14.9. The molecule has 9 heteroatoms. The van der Waals surface area contributed by atoms with E-state index in [1.54, 1.807) is 12.1 Å². The summed E-state index contributed by atoms with van der Waals surface area (Å²) in [5, 5.41) is 3.86. The van der Waals surface area contributed by atoms with Crippen molar-refractivity contribution in [3.8, 4) is 0 Å². The molecule has 1 fully saturated rings. The molecule has 1 heterocycles. The zero-order valence-electron chi connectivity index (χ0n) is 17.8. The SMILES string of the molecule is CN(C)C(CNCC(=O)c1cccc(S(=O)(=O)N2CCOCC2)c1)c1ccccc1Cl. The molecule has 1 unspecified atom stereocenters. The van der Waals surface area contributed by atoms with Gasteiger partial charge in [-0.3, -0.25) is 4.79 Å². The summed E-state index contributed by atoms with van der Waals surface area (Å²) in [5.41, 5.74) is 1.34. The molecule has 2 aromatic carbocycles. The van der Waals surface area contributed by atoms with Crippen LogP contribution in [0.25, 0.3) is 0 Å².